The molecular weight excluding hydrogens is 182 g/mol. The van der Waals surface area contributed by atoms with E-state index in [1.54, 1.807) is 0 Å². The molecule has 0 aliphatic heterocycles. The highest BCUT2D eigenvalue weighted by atomic mass is 15.0. The third-order valence-corrected chi connectivity index (χ3v) is 2.90. The number of benzene rings is 1. The summed E-state index contributed by atoms with van der Waals surface area (Å²) in [5, 5.41) is 0. The Morgan fingerprint density at radius 1 is 1.07 bits per heavy atom. The first-order valence-electron chi connectivity index (χ1n) is 5.27. The van der Waals surface area contributed by atoms with Crippen molar-refractivity contribution in [2.75, 3.05) is 0 Å². The van der Waals surface area contributed by atoms with Crippen molar-refractivity contribution in [3.8, 4) is 5.69 Å². The van der Waals surface area contributed by atoms with Crippen LogP contribution in [0.1, 0.15) is 18.2 Å². The maximum absolute atomic E-state index is 2.28. The summed E-state index contributed by atoms with van der Waals surface area (Å²) in [6, 6.07) is 12.7. The molecule has 74 valence electrons. The normalized spacial score (nSPS) is 13.8. The Morgan fingerprint density at radius 3 is 2.67 bits per heavy atom. The average molecular weight is 195 g/mol. The zero-order chi connectivity index (χ0) is 10.3. The summed E-state index contributed by atoms with van der Waals surface area (Å²) in [6.45, 7) is 2.19. The van der Waals surface area contributed by atoms with Crippen LogP contribution in [0.3, 0.4) is 0 Å². The third kappa shape index (κ3) is 1.32. The summed E-state index contributed by atoms with van der Waals surface area (Å²) in [7, 11) is 0. The fourth-order valence-electron chi connectivity index (χ4n) is 2.20. The molecule has 1 heterocycles. The quantitative estimate of drug-likeness (QED) is 0.657. The largest absolute Gasteiger partial charge is 0.317 e. The van der Waals surface area contributed by atoms with Gasteiger partial charge in [0.2, 0.25) is 0 Å². The van der Waals surface area contributed by atoms with E-state index in [4.69, 9.17) is 0 Å². The summed E-state index contributed by atoms with van der Waals surface area (Å²) in [6.07, 6.45) is 5.54. The van der Waals surface area contributed by atoms with Crippen molar-refractivity contribution in [3.05, 3.63) is 59.4 Å². The summed E-state index contributed by atoms with van der Waals surface area (Å²) >= 11 is 0. The van der Waals surface area contributed by atoms with Crippen molar-refractivity contribution < 1.29 is 0 Å². The molecule has 2 aromatic rings. The number of allylic oxidation sites excluding steroid dienone is 1. The number of hydrogen-bond acceptors (Lipinski definition) is 0. The van der Waals surface area contributed by atoms with Gasteiger partial charge in [0.05, 0.1) is 0 Å². The number of hydrogen-bond donors (Lipinski definition) is 0. The van der Waals surface area contributed by atoms with E-state index < -0.39 is 0 Å². The zero-order valence-electron chi connectivity index (χ0n) is 8.77. The van der Waals surface area contributed by atoms with Crippen molar-refractivity contribution >= 4 is 6.08 Å². The molecule has 1 aliphatic rings. The third-order valence-electron chi connectivity index (χ3n) is 2.90. The molecule has 0 unspecified atom stereocenters. The molecule has 1 aromatic heterocycles. The van der Waals surface area contributed by atoms with Crippen LogP contribution >= 0.6 is 0 Å². The first kappa shape index (κ1) is 8.54. The summed E-state index contributed by atoms with van der Waals surface area (Å²) in [5.74, 6) is 0. The zero-order valence-corrected chi connectivity index (χ0v) is 8.77. The lowest BCUT2D eigenvalue weighted by Crippen LogP contribution is -1.93. The van der Waals surface area contributed by atoms with Crippen LogP contribution in [-0.2, 0) is 6.42 Å². The molecule has 1 heteroatoms. The molecule has 0 atom stereocenters. The molecule has 0 amide bonds. The monoisotopic (exact) mass is 195 g/mol. The Bertz CT molecular complexity index is 518. The van der Waals surface area contributed by atoms with Crippen molar-refractivity contribution in [2.24, 2.45) is 0 Å². The molecule has 0 spiro atoms. The number of para-hydroxylation sites is 1. The molecule has 3 rings (SSSR count). The highest BCUT2D eigenvalue weighted by molar-refractivity contribution is 5.63. The minimum atomic E-state index is 1.11. The summed E-state index contributed by atoms with van der Waals surface area (Å²) in [5.41, 5.74) is 5.48. The van der Waals surface area contributed by atoms with Crippen LogP contribution in [0.15, 0.2) is 48.2 Å². The van der Waals surface area contributed by atoms with E-state index in [0.29, 0.717) is 0 Å². The van der Waals surface area contributed by atoms with Gasteiger partial charge in [0.25, 0.3) is 0 Å². The van der Waals surface area contributed by atoms with E-state index in [1.165, 1.54) is 22.5 Å². The van der Waals surface area contributed by atoms with E-state index in [0.717, 1.165) is 6.42 Å². The van der Waals surface area contributed by atoms with Gasteiger partial charge in [0, 0.05) is 17.6 Å². The van der Waals surface area contributed by atoms with Gasteiger partial charge in [-0.3, -0.25) is 0 Å². The molecule has 1 nitrogen and oxygen atoms in total. The number of nitrogens with zero attached hydrogens (tertiary/aromatic N) is 1. The van der Waals surface area contributed by atoms with E-state index in [2.05, 4.69) is 54.1 Å². The van der Waals surface area contributed by atoms with Gasteiger partial charge in [-0.2, -0.15) is 0 Å². The van der Waals surface area contributed by atoms with Gasteiger partial charge < -0.3 is 4.57 Å². The molecule has 0 fully saturated rings. The Labute approximate surface area is 89.7 Å². The van der Waals surface area contributed by atoms with Crippen LogP contribution in [0.25, 0.3) is 11.8 Å². The maximum atomic E-state index is 2.28. The lowest BCUT2D eigenvalue weighted by atomic mass is 10.2. The van der Waals surface area contributed by atoms with Gasteiger partial charge in [-0.15, -0.1) is 0 Å². The minimum Gasteiger partial charge on any atom is -0.317 e. The SMILES string of the molecule is CC1=Cc2c(ccn2-c2ccccc2)C1. The van der Waals surface area contributed by atoms with E-state index in [9.17, 15) is 0 Å². The fourth-order valence-corrected chi connectivity index (χ4v) is 2.20. The number of aromatic nitrogens is 1. The Kier molecular flexibility index (Phi) is 1.78. The van der Waals surface area contributed by atoms with Gasteiger partial charge in [-0.25, -0.2) is 0 Å². The van der Waals surface area contributed by atoms with Crippen molar-refractivity contribution in [3.63, 3.8) is 0 Å². The van der Waals surface area contributed by atoms with Gasteiger partial charge in [0.1, 0.15) is 0 Å². The lowest BCUT2D eigenvalue weighted by Gasteiger charge is -2.05. The fraction of sp³-hybridized carbons (Fsp3) is 0.143. The number of fused-ring (bicyclic) bond motifs is 1. The van der Waals surface area contributed by atoms with Crippen molar-refractivity contribution in [1.29, 1.82) is 0 Å². The van der Waals surface area contributed by atoms with Crippen molar-refractivity contribution in [2.45, 2.75) is 13.3 Å². The molecule has 1 aromatic carbocycles. The second kappa shape index (κ2) is 3.13. The van der Waals surface area contributed by atoms with Crippen LogP contribution in [0.5, 0.6) is 0 Å². The number of rotatable bonds is 1. The van der Waals surface area contributed by atoms with Gasteiger partial charge in [-0.05, 0) is 43.2 Å². The van der Waals surface area contributed by atoms with Crippen LogP contribution in [-0.4, -0.2) is 4.57 Å². The smallest absolute Gasteiger partial charge is 0.0490 e. The summed E-state index contributed by atoms with van der Waals surface area (Å²) in [4.78, 5) is 0. The highest BCUT2D eigenvalue weighted by Crippen LogP contribution is 2.27. The highest BCUT2D eigenvalue weighted by Gasteiger charge is 2.14. The molecule has 0 N–H and O–H groups in total. The van der Waals surface area contributed by atoms with Crippen LogP contribution in [0.4, 0.5) is 0 Å². The van der Waals surface area contributed by atoms with Crippen LogP contribution in [0.2, 0.25) is 0 Å². The predicted molar refractivity (Wildman–Crippen MR) is 63.1 cm³/mol. The van der Waals surface area contributed by atoms with Crippen molar-refractivity contribution in [1.82, 2.24) is 4.57 Å². The van der Waals surface area contributed by atoms with E-state index >= 15 is 0 Å². The lowest BCUT2D eigenvalue weighted by molar-refractivity contribution is 1.06. The van der Waals surface area contributed by atoms with E-state index in [1.807, 2.05) is 6.07 Å². The Hall–Kier alpha value is -1.76. The second-order valence-electron chi connectivity index (χ2n) is 4.10. The maximum Gasteiger partial charge on any atom is 0.0490 e. The van der Waals surface area contributed by atoms with Crippen LogP contribution in [0, 0.1) is 0 Å². The molecule has 0 saturated heterocycles. The van der Waals surface area contributed by atoms with E-state index in [-0.39, 0.29) is 0 Å². The standard InChI is InChI=1S/C14H13N/c1-11-9-12-7-8-15(14(12)10-11)13-5-3-2-4-6-13/h2-8,10H,9H2,1H3. The first-order chi connectivity index (χ1) is 7.34. The van der Waals surface area contributed by atoms with Gasteiger partial charge in [-0.1, -0.05) is 23.8 Å². The minimum absolute atomic E-state index is 1.11. The molecule has 1 aliphatic carbocycles. The molecule has 0 bridgehead atoms. The topological polar surface area (TPSA) is 4.93 Å². The predicted octanol–water partition coefficient (Wildman–Crippen LogP) is 3.44. The Morgan fingerprint density at radius 2 is 1.87 bits per heavy atom. The summed E-state index contributed by atoms with van der Waals surface area (Å²) < 4.78 is 2.26. The Balaban J connectivity index is 2.16. The first-order valence-corrected chi connectivity index (χ1v) is 5.27. The molecule has 15 heavy (non-hydrogen) atoms. The average Bonchev–Trinajstić information content (AvgIpc) is 2.77. The van der Waals surface area contributed by atoms with Gasteiger partial charge >= 0.3 is 0 Å². The molecule has 0 radical (unpaired) electrons. The molecule has 0 saturated carbocycles. The molecular formula is C14H13N. The van der Waals surface area contributed by atoms with Gasteiger partial charge in [0.15, 0.2) is 0 Å². The second-order valence-corrected chi connectivity index (χ2v) is 4.10. The van der Waals surface area contributed by atoms with Crippen LogP contribution < -0.4 is 0 Å².